The van der Waals surface area contributed by atoms with Crippen molar-refractivity contribution in [2.24, 2.45) is 0 Å². The molecule has 1 unspecified atom stereocenters. The molecule has 0 aromatic heterocycles. The van der Waals surface area contributed by atoms with Crippen LogP contribution in [-0.4, -0.2) is 37.2 Å². The average molecular weight is 1120 g/mol. The first kappa shape index (κ1) is 76.9. The fourth-order valence-corrected chi connectivity index (χ4v) is 10.2. The summed E-state index contributed by atoms with van der Waals surface area (Å²) in [6.45, 7) is 6.55. The number of esters is 3. The summed E-state index contributed by atoms with van der Waals surface area (Å²) in [4.78, 5) is 38.4. The Balaban J connectivity index is 4.30. The van der Waals surface area contributed by atoms with E-state index in [9.17, 15) is 14.4 Å². The molecular weight excluding hydrogens is 985 g/mol. The van der Waals surface area contributed by atoms with Crippen LogP contribution in [0.5, 0.6) is 0 Å². The van der Waals surface area contributed by atoms with Crippen molar-refractivity contribution in [2.75, 3.05) is 13.2 Å². The summed E-state index contributed by atoms with van der Waals surface area (Å²) in [5, 5.41) is 0. The van der Waals surface area contributed by atoms with Crippen LogP contribution in [0.25, 0.3) is 0 Å². The number of carbonyl (C=O) groups excluding carboxylic acids is 3. The van der Waals surface area contributed by atoms with Crippen LogP contribution < -0.4 is 0 Å². The van der Waals surface area contributed by atoms with Gasteiger partial charge in [-0.05, 0) is 89.9 Å². The van der Waals surface area contributed by atoms with Crippen molar-refractivity contribution in [3.05, 3.63) is 72.9 Å². The summed E-state index contributed by atoms with van der Waals surface area (Å²) in [6.07, 6.45) is 89.2. The largest absolute Gasteiger partial charge is 0.462 e. The van der Waals surface area contributed by atoms with Crippen LogP contribution in [0.3, 0.4) is 0 Å². The van der Waals surface area contributed by atoms with Gasteiger partial charge in [-0.3, -0.25) is 14.4 Å². The van der Waals surface area contributed by atoms with E-state index in [0.717, 1.165) is 103 Å². The van der Waals surface area contributed by atoms with Crippen molar-refractivity contribution in [2.45, 2.75) is 367 Å². The van der Waals surface area contributed by atoms with Gasteiger partial charge in [0, 0.05) is 19.3 Å². The summed E-state index contributed by atoms with van der Waals surface area (Å²) < 4.78 is 17.0. The van der Waals surface area contributed by atoms with Gasteiger partial charge in [-0.15, -0.1) is 0 Å². The molecule has 0 heterocycles. The van der Waals surface area contributed by atoms with Crippen LogP contribution in [0.15, 0.2) is 72.9 Å². The summed E-state index contributed by atoms with van der Waals surface area (Å²) >= 11 is 0. The average Bonchev–Trinajstić information content (AvgIpc) is 3.46. The highest BCUT2D eigenvalue weighted by Gasteiger charge is 2.19. The van der Waals surface area contributed by atoms with Gasteiger partial charge >= 0.3 is 17.9 Å². The van der Waals surface area contributed by atoms with E-state index in [1.165, 1.54) is 218 Å². The quantitative estimate of drug-likeness (QED) is 0.0261. The first-order valence-electron chi connectivity index (χ1n) is 34.9. The summed E-state index contributed by atoms with van der Waals surface area (Å²) in [6, 6.07) is 0. The fourth-order valence-electron chi connectivity index (χ4n) is 10.2. The number of ether oxygens (including phenoxy) is 3. The van der Waals surface area contributed by atoms with Crippen molar-refractivity contribution >= 4 is 17.9 Å². The van der Waals surface area contributed by atoms with E-state index in [1.807, 2.05) is 0 Å². The highest BCUT2D eigenvalue weighted by molar-refractivity contribution is 5.71. The van der Waals surface area contributed by atoms with Crippen LogP contribution in [0, 0.1) is 0 Å². The zero-order valence-corrected chi connectivity index (χ0v) is 53.3. The molecule has 0 saturated heterocycles. The molecule has 0 aliphatic rings. The molecule has 0 radical (unpaired) electrons. The van der Waals surface area contributed by atoms with Gasteiger partial charge in [0.15, 0.2) is 6.10 Å². The van der Waals surface area contributed by atoms with Gasteiger partial charge in [-0.1, -0.05) is 325 Å². The molecule has 464 valence electrons. The second-order valence-corrected chi connectivity index (χ2v) is 23.4. The molecule has 0 spiro atoms. The molecule has 0 rings (SSSR count). The first-order valence-corrected chi connectivity index (χ1v) is 34.9. The number of carbonyl (C=O) groups is 3. The van der Waals surface area contributed by atoms with Crippen LogP contribution in [0.4, 0.5) is 0 Å². The van der Waals surface area contributed by atoms with Gasteiger partial charge in [0.1, 0.15) is 13.2 Å². The number of allylic oxidation sites excluding steroid dienone is 12. The Morgan fingerprint density at radius 2 is 0.487 bits per heavy atom. The van der Waals surface area contributed by atoms with Crippen molar-refractivity contribution in [3.63, 3.8) is 0 Å². The predicted octanol–water partition coefficient (Wildman–Crippen LogP) is 24.1. The summed E-state index contributed by atoms with van der Waals surface area (Å²) in [7, 11) is 0. The fraction of sp³-hybridized carbons (Fsp3) is 0.797. The number of rotatable bonds is 64. The first-order chi connectivity index (χ1) is 39.5. The molecule has 0 aromatic carbocycles. The van der Waals surface area contributed by atoms with Crippen LogP contribution >= 0.6 is 0 Å². The molecule has 0 saturated carbocycles. The maximum absolute atomic E-state index is 12.9. The molecule has 0 amide bonds. The highest BCUT2D eigenvalue weighted by Crippen LogP contribution is 2.18. The van der Waals surface area contributed by atoms with Gasteiger partial charge in [0.25, 0.3) is 0 Å². The third kappa shape index (κ3) is 65.7. The monoisotopic (exact) mass is 1120 g/mol. The molecular formula is C74H132O6. The van der Waals surface area contributed by atoms with E-state index in [1.54, 1.807) is 0 Å². The lowest BCUT2D eigenvalue weighted by atomic mass is 10.0. The van der Waals surface area contributed by atoms with E-state index in [-0.39, 0.29) is 31.1 Å². The molecule has 0 aromatic rings. The van der Waals surface area contributed by atoms with E-state index >= 15 is 0 Å². The van der Waals surface area contributed by atoms with Gasteiger partial charge < -0.3 is 14.2 Å². The smallest absolute Gasteiger partial charge is 0.306 e. The Hall–Kier alpha value is -3.15. The van der Waals surface area contributed by atoms with Gasteiger partial charge in [-0.2, -0.15) is 0 Å². The lowest BCUT2D eigenvalue weighted by molar-refractivity contribution is -0.167. The molecule has 0 fully saturated rings. The second kappa shape index (κ2) is 68.3. The highest BCUT2D eigenvalue weighted by atomic mass is 16.6. The molecule has 6 nitrogen and oxygen atoms in total. The van der Waals surface area contributed by atoms with E-state index in [4.69, 9.17) is 14.2 Å². The molecule has 80 heavy (non-hydrogen) atoms. The third-order valence-electron chi connectivity index (χ3n) is 15.4. The number of unbranched alkanes of at least 4 members (excludes halogenated alkanes) is 41. The van der Waals surface area contributed by atoms with Crippen molar-refractivity contribution in [1.82, 2.24) is 0 Å². The molecule has 1 atom stereocenters. The van der Waals surface area contributed by atoms with Crippen molar-refractivity contribution in [1.29, 1.82) is 0 Å². The van der Waals surface area contributed by atoms with E-state index in [2.05, 4.69) is 93.7 Å². The predicted molar refractivity (Wildman–Crippen MR) is 348 cm³/mol. The molecule has 0 bridgehead atoms. The van der Waals surface area contributed by atoms with Crippen LogP contribution in [-0.2, 0) is 28.6 Å². The lowest BCUT2D eigenvalue weighted by Crippen LogP contribution is -2.30. The normalized spacial score (nSPS) is 12.5. The maximum Gasteiger partial charge on any atom is 0.306 e. The third-order valence-corrected chi connectivity index (χ3v) is 15.4. The molecule has 0 N–H and O–H groups in total. The van der Waals surface area contributed by atoms with Crippen LogP contribution in [0.1, 0.15) is 361 Å². The minimum absolute atomic E-state index is 0.0794. The zero-order valence-electron chi connectivity index (χ0n) is 53.3. The van der Waals surface area contributed by atoms with Crippen LogP contribution in [0.2, 0.25) is 0 Å². The minimum atomic E-state index is -0.785. The number of hydrogen-bond donors (Lipinski definition) is 0. The Kier molecular flexibility index (Phi) is 65.7. The molecule has 0 aliphatic heterocycles. The summed E-state index contributed by atoms with van der Waals surface area (Å²) in [5.41, 5.74) is 0. The number of hydrogen-bond acceptors (Lipinski definition) is 6. The lowest BCUT2D eigenvalue weighted by Gasteiger charge is -2.18. The van der Waals surface area contributed by atoms with Gasteiger partial charge in [0.05, 0.1) is 0 Å². The van der Waals surface area contributed by atoms with Crippen molar-refractivity contribution < 1.29 is 28.6 Å². The second-order valence-electron chi connectivity index (χ2n) is 23.4. The molecule has 0 aliphatic carbocycles. The standard InChI is InChI=1S/C74H132O6/c1-4-7-10-13-16-19-22-25-28-31-33-34-35-36-37-38-39-40-41-44-46-49-52-55-58-61-64-67-73(76)79-70-71(69-78-72(75)66-63-60-57-54-51-48-45-42-30-27-24-21-18-15-12-9-6-3)80-74(77)68-65-62-59-56-53-50-47-43-32-29-26-23-20-17-14-11-8-5-2/h9,12,18,21-22,25,27,30-31,33,45,48,71H,4-8,10-11,13-17,19-20,23-24,26,28-29,32,34-44,46-47,49-70H2,1-3H3/b12-9-,21-18-,25-22-,30-27-,33-31-,48-45-. The Bertz CT molecular complexity index is 1470. The topological polar surface area (TPSA) is 78.9 Å². The van der Waals surface area contributed by atoms with E-state index < -0.39 is 6.10 Å². The Morgan fingerprint density at radius 1 is 0.263 bits per heavy atom. The van der Waals surface area contributed by atoms with Crippen molar-refractivity contribution in [3.8, 4) is 0 Å². The zero-order chi connectivity index (χ0) is 57.8. The van der Waals surface area contributed by atoms with Gasteiger partial charge in [-0.25, -0.2) is 0 Å². The van der Waals surface area contributed by atoms with E-state index in [0.29, 0.717) is 19.3 Å². The Labute approximate surface area is 497 Å². The SMILES string of the molecule is CC/C=C\C/C=C\C/C=C\C/C=C\CCCCCCC(=O)OCC(COC(=O)CCCCCCCCCCCCCCCCC/C=C\C/C=C\CCCCCCC)OC(=O)CCCCCCCCCCCCCCCCCCCC. The van der Waals surface area contributed by atoms with Gasteiger partial charge in [0.2, 0.25) is 0 Å². The molecule has 6 heteroatoms. The maximum atomic E-state index is 12.9. The minimum Gasteiger partial charge on any atom is -0.462 e. The Morgan fingerprint density at radius 3 is 0.762 bits per heavy atom. The summed E-state index contributed by atoms with van der Waals surface area (Å²) in [5.74, 6) is -0.882.